The van der Waals surface area contributed by atoms with Crippen LogP contribution in [0.5, 0.6) is 0 Å². The van der Waals surface area contributed by atoms with Crippen molar-refractivity contribution in [1.29, 1.82) is 0 Å². The lowest BCUT2D eigenvalue weighted by Gasteiger charge is -2.17. The van der Waals surface area contributed by atoms with E-state index in [1.54, 1.807) is 24.3 Å². The van der Waals surface area contributed by atoms with Gasteiger partial charge in [0, 0.05) is 30.8 Å². The molecule has 1 aliphatic rings. The third kappa shape index (κ3) is 5.01. The van der Waals surface area contributed by atoms with E-state index in [0.29, 0.717) is 16.8 Å². The van der Waals surface area contributed by atoms with Gasteiger partial charge in [-0.3, -0.25) is 14.4 Å². The van der Waals surface area contributed by atoms with Gasteiger partial charge in [-0.05, 0) is 48.9 Å². The van der Waals surface area contributed by atoms with Crippen molar-refractivity contribution in [2.24, 2.45) is 5.92 Å². The Balaban J connectivity index is 1.62. The molecule has 5 nitrogen and oxygen atoms in total. The topological polar surface area (TPSA) is 66.5 Å². The Morgan fingerprint density at radius 2 is 1.83 bits per heavy atom. The highest BCUT2D eigenvalue weighted by atomic mass is 19.4. The van der Waals surface area contributed by atoms with Crippen LogP contribution in [0.2, 0.25) is 0 Å². The summed E-state index contributed by atoms with van der Waals surface area (Å²) in [7, 11) is 0. The molecule has 1 aliphatic heterocycles. The number of amides is 2. The van der Waals surface area contributed by atoms with Crippen LogP contribution in [0, 0.1) is 5.92 Å². The second kappa shape index (κ2) is 8.06. The fraction of sp³-hybridized carbons (Fsp3) is 0.286. The quantitative estimate of drug-likeness (QED) is 0.769. The van der Waals surface area contributed by atoms with Gasteiger partial charge in [0.2, 0.25) is 11.8 Å². The molecule has 1 fully saturated rings. The van der Waals surface area contributed by atoms with Gasteiger partial charge in [-0.15, -0.1) is 0 Å². The largest absolute Gasteiger partial charge is 0.416 e. The number of carbonyl (C=O) groups is 3. The van der Waals surface area contributed by atoms with Crippen LogP contribution in [-0.4, -0.2) is 29.0 Å². The standard InChI is InChI=1S/C21H19F3N2O3/c1-13(27)15-5-7-18(8-6-15)25-20(29)16-10-19(28)26(12-16)11-14-3-2-4-17(9-14)21(22,23)24/h2-9,16H,10-12H2,1H3,(H,25,29). The summed E-state index contributed by atoms with van der Waals surface area (Å²) in [6, 6.07) is 11.2. The Hall–Kier alpha value is -3.16. The molecular weight excluding hydrogens is 385 g/mol. The molecule has 2 amide bonds. The lowest BCUT2D eigenvalue weighted by molar-refractivity contribution is -0.137. The summed E-state index contributed by atoms with van der Waals surface area (Å²) in [4.78, 5) is 37.4. The van der Waals surface area contributed by atoms with Gasteiger partial charge in [0.15, 0.2) is 5.78 Å². The fourth-order valence-corrected chi connectivity index (χ4v) is 3.20. The molecule has 0 bridgehead atoms. The van der Waals surface area contributed by atoms with E-state index in [1.165, 1.54) is 24.0 Å². The van der Waals surface area contributed by atoms with E-state index in [0.717, 1.165) is 12.1 Å². The van der Waals surface area contributed by atoms with Gasteiger partial charge in [0.25, 0.3) is 0 Å². The number of benzene rings is 2. The number of alkyl halides is 3. The molecule has 2 aromatic carbocycles. The number of ketones is 1. The second-order valence-corrected chi connectivity index (χ2v) is 7.00. The molecule has 1 saturated heterocycles. The van der Waals surface area contributed by atoms with Crippen molar-refractivity contribution < 1.29 is 27.6 Å². The number of hydrogen-bond acceptors (Lipinski definition) is 3. The first-order valence-corrected chi connectivity index (χ1v) is 8.99. The summed E-state index contributed by atoms with van der Waals surface area (Å²) in [5.74, 6) is -1.31. The number of anilines is 1. The lowest BCUT2D eigenvalue weighted by atomic mass is 10.1. The maximum Gasteiger partial charge on any atom is 0.416 e. The minimum absolute atomic E-state index is 0.00365. The Kier molecular flexibility index (Phi) is 5.72. The van der Waals surface area contributed by atoms with E-state index in [4.69, 9.17) is 0 Å². The summed E-state index contributed by atoms with van der Waals surface area (Å²) in [6.45, 7) is 1.59. The van der Waals surface area contributed by atoms with E-state index >= 15 is 0 Å². The van der Waals surface area contributed by atoms with Crippen molar-refractivity contribution in [3.8, 4) is 0 Å². The Morgan fingerprint density at radius 1 is 1.14 bits per heavy atom. The molecule has 2 aromatic rings. The molecule has 1 atom stereocenters. The number of likely N-dealkylation sites (tertiary alicyclic amines) is 1. The van der Waals surface area contributed by atoms with Crippen LogP contribution in [0.1, 0.15) is 34.8 Å². The molecule has 1 N–H and O–H groups in total. The zero-order valence-electron chi connectivity index (χ0n) is 15.6. The molecule has 1 unspecified atom stereocenters. The normalized spacial score (nSPS) is 16.8. The van der Waals surface area contributed by atoms with E-state index in [2.05, 4.69) is 5.32 Å². The predicted octanol–water partition coefficient (Wildman–Crippen LogP) is 3.90. The van der Waals surface area contributed by atoms with Gasteiger partial charge in [-0.1, -0.05) is 12.1 Å². The SMILES string of the molecule is CC(=O)c1ccc(NC(=O)C2CC(=O)N(Cc3cccc(C(F)(F)F)c3)C2)cc1. The number of carbonyl (C=O) groups excluding carboxylic acids is 3. The summed E-state index contributed by atoms with van der Waals surface area (Å²) in [6.07, 6.45) is -4.46. The number of rotatable bonds is 5. The van der Waals surface area contributed by atoms with Crippen molar-refractivity contribution in [3.63, 3.8) is 0 Å². The molecule has 152 valence electrons. The number of hydrogen-bond donors (Lipinski definition) is 1. The predicted molar refractivity (Wildman–Crippen MR) is 100 cm³/mol. The fourth-order valence-electron chi connectivity index (χ4n) is 3.20. The first-order chi connectivity index (χ1) is 13.6. The van der Waals surface area contributed by atoms with Crippen molar-refractivity contribution in [1.82, 2.24) is 4.90 Å². The Labute approximate surface area is 165 Å². The molecule has 1 heterocycles. The third-order valence-electron chi connectivity index (χ3n) is 4.77. The van der Waals surface area contributed by atoms with Gasteiger partial charge in [0.1, 0.15) is 0 Å². The molecule has 0 aliphatic carbocycles. The van der Waals surface area contributed by atoms with Gasteiger partial charge in [-0.2, -0.15) is 13.2 Å². The monoisotopic (exact) mass is 404 g/mol. The van der Waals surface area contributed by atoms with Crippen LogP contribution in [0.3, 0.4) is 0 Å². The Morgan fingerprint density at radius 3 is 2.45 bits per heavy atom. The Bertz CT molecular complexity index is 939. The third-order valence-corrected chi connectivity index (χ3v) is 4.77. The summed E-state index contributed by atoms with van der Waals surface area (Å²) in [5.41, 5.74) is 0.606. The number of nitrogens with one attached hydrogen (secondary N) is 1. The van der Waals surface area contributed by atoms with Gasteiger partial charge in [-0.25, -0.2) is 0 Å². The molecule has 0 saturated carbocycles. The van der Waals surface area contributed by atoms with Crippen molar-refractivity contribution >= 4 is 23.3 Å². The number of Topliss-reactive ketones (excluding diaryl/α,β-unsaturated/α-hetero) is 1. The minimum atomic E-state index is -4.45. The van der Waals surface area contributed by atoms with Gasteiger partial charge in [0.05, 0.1) is 11.5 Å². The molecule has 8 heteroatoms. The average Bonchev–Trinajstić information content (AvgIpc) is 3.02. The molecule has 29 heavy (non-hydrogen) atoms. The van der Waals surface area contributed by atoms with Gasteiger partial charge >= 0.3 is 6.18 Å². The van der Waals surface area contributed by atoms with E-state index in [1.807, 2.05) is 0 Å². The molecular formula is C21H19F3N2O3. The maximum absolute atomic E-state index is 12.8. The molecule has 0 radical (unpaired) electrons. The summed E-state index contributed by atoms with van der Waals surface area (Å²) >= 11 is 0. The number of halogens is 3. The molecule has 3 rings (SSSR count). The van der Waals surface area contributed by atoms with Crippen LogP contribution in [0.25, 0.3) is 0 Å². The molecule has 0 spiro atoms. The van der Waals surface area contributed by atoms with Crippen molar-refractivity contribution in [2.75, 3.05) is 11.9 Å². The van der Waals surface area contributed by atoms with Crippen molar-refractivity contribution in [3.05, 3.63) is 65.2 Å². The van der Waals surface area contributed by atoms with Crippen LogP contribution in [0.15, 0.2) is 48.5 Å². The van der Waals surface area contributed by atoms with Crippen LogP contribution >= 0.6 is 0 Å². The highest BCUT2D eigenvalue weighted by Gasteiger charge is 2.35. The highest BCUT2D eigenvalue weighted by Crippen LogP contribution is 2.30. The van der Waals surface area contributed by atoms with E-state index in [9.17, 15) is 27.6 Å². The first-order valence-electron chi connectivity index (χ1n) is 8.99. The minimum Gasteiger partial charge on any atom is -0.338 e. The number of nitrogens with zero attached hydrogens (tertiary/aromatic N) is 1. The van der Waals surface area contributed by atoms with Gasteiger partial charge < -0.3 is 10.2 Å². The zero-order valence-corrected chi connectivity index (χ0v) is 15.6. The molecule has 0 aromatic heterocycles. The second-order valence-electron chi connectivity index (χ2n) is 7.00. The summed E-state index contributed by atoms with van der Waals surface area (Å²) < 4.78 is 38.5. The highest BCUT2D eigenvalue weighted by molar-refractivity contribution is 5.98. The van der Waals surface area contributed by atoms with E-state index < -0.39 is 17.7 Å². The van der Waals surface area contributed by atoms with Crippen molar-refractivity contribution in [2.45, 2.75) is 26.1 Å². The summed E-state index contributed by atoms with van der Waals surface area (Å²) in [5, 5.41) is 2.71. The van der Waals surface area contributed by atoms with E-state index in [-0.39, 0.29) is 37.1 Å². The maximum atomic E-state index is 12.8. The first kappa shape index (κ1) is 20.6. The zero-order chi connectivity index (χ0) is 21.2. The van der Waals surface area contributed by atoms with Crippen LogP contribution in [-0.2, 0) is 22.3 Å². The van der Waals surface area contributed by atoms with Crippen LogP contribution in [0.4, 0.5) is 18.9 Å². The smallest absolute Gasteiger partial charge is 0.338 e. The average molecular weight is 404 g/mol. The lowest BCUT2D eigenvalue weighted by Crippen LogP contribution is -2.28. The van der Waals surface area contributed by atoms with Crippen LogP contribution < -0.4 is 5.32 Å².